The number of carbonyl (C=O) groups is 2. The zero-order valence-electron chi connectivity index (χ0n) is 14.0. The molecule has 1 aromatic rings. The van der Waals surface area contributed by atoms with Crippen LogP contribution in [0.15, 0.2) is 18.3 Å². The van der Waals surface area contributed by atoms with Crippen molar-refractivity contribution in [2.45, 2.75) is 57.6 Å². The number of carbonyl (C=O) groups excluding carboxylic acids is 1. The molecule has 2 fully saturated rings. The van der Waals surface area contributed by atoms with Crippen molar-refractivity contribution < 1.29 is 19.4 Å². The van der Waals surface area contributed by atoms with Crippen LogP contribution < -0.4 is 5.32 Å². The fourth-order valence-electron chi connectivity index (χ4n) is 4.19. The van der Waals surface area contributed by atoms with Gasteiger partial charge in [0.15, 0.2) is 0 Å². The maximum atomic E-state index is 12.5. The number of hydrogen-bond acceptors (Lipinski definition) is 4. The van der Waals surface area contributed by atoms with Gasteiger partial charge in [-0.3, -0.25) is 9.78 Å². The molecule has 130 valence electrons. The monoisotopic (exact) mass is 332 g/mol. The molecule has 2 atom stereocenters. The van der Waals surface area contributed by atoms with E-state index in [1.807, 2.05) is 6.92 Å². The second kappa shape index (κ2) is 6.89. The molecule has 2 N–H and O–H groups in total. The molecule has 1 spiro atoms. The zero-order chi connectivity index (χ0) is 17.2. The van der Waals surface area contributed by atoms with Gasteiger partial charge in [0.05, 0.1) is 11.7 Å². The minimum atomic E-state index is -1.06. The van der Waals surface area contributed by atoms with E-state index in [1.54, 1.807) is 0 Å². The molecule has 1 heterocycles. The molecule has 0 bridgehead atoms. The van der Waals surface area contributed by atoms with Crippen molar-refractivity contribution in [2.75, 3.05) is 6.61 Å². The summed E-state index contributed by atoms with van der Waals surface area (Å²) in [6, 6.07) is 2.79. The van der Waals surface area contributed by atoms with Gasteiger partial charge in [0.1, 0.15) is 5.69 Å². The van der Waals surface area contributed by atoms with E-state index in [9.17, 15) is 9.59 Å². The Morgan fingerprint density at radius 2 is 2.12 bits per heavy atom. The molecule has 1 amide bonds. The van der Waals surface area contributed by atoms with Crippen LogP contribution in [0.4, 0.5) is 0 Å². The van der Waals surface area contributed by atoms with Gasteiger partial charge in [0.25, 0.3) is 5.91 Å². The predicted octanol–water partition coefficient (Wildman–Crippen LogP) is 2.64. The van der Waals surface area contributed by atoms with Crippen molar-refractivity contribution in [1.29, 1.82) is 0 Å². The summed E-state index contributed by atoms with van der Waals surface area (Å²) in [5.74, 6) is -1.36. The van der Waals surface area contributed by atoms with Crippen LogP contribution in [0.25, 0.3) is 0 Å². The van der Waals surface area contributed by atoms with E-state index in [0.717, 1.165) is 19.3 Å². The number of nitrogens with one attached hydrogen (secondary N) is 1. The topological polar surface area (TPSA) is 88.5 Å². The third-order valence-corrected chi connectivity index (χ3v) is 5.48. The normalized spacial score (nSPS) is 25.0. The zero-order valence-corrected chi connectivity index (χ0v) is 14.0. The molecule has 0 saturated heterocycles. The molecule has 2 aliphatic carbocycles. The molecule has 24 heavy (non-hydrogen) atoms. The third kappa shape index (κ3) is 3.02. The number of hydrogen-bond donors (Lipinski definition) is 2. The van der Waals surface area contributed by atoms with E-state index in [1.165, 1.54) is 37.6 Å². The van der Waals surface area contributed by atoms with Gasteiger partial charge in [0.2, 0.25) is 0 Å². The first kappa shape index (κ1) is 16.9. The Kier molecular flexibility index (Phi) is 4.85. The lowest BCUT2D eigenvalue weighted by atomic mass is 9.55. The smallest absolute Gasteiger partial charge is 0.335 e. The Morgan fingerprint density at radius 3 is 2.79 bits per heavy atom. The Morgan fingerprint density at radius 1 is 1.38 bits per heavy atom. The molecular weight excluding hydrogens is 308 g/mol. The lowest BCUT2D eigenvalue weighted by Crippen LogP contribution is -2.65. The highest BCUT2D eigenvalue weighted by molar-refractivity contribution is 5.96. The van der Waals surface area contributed by atoms with Crippen LogP contribution >= 0.6 is 0 Å². The predicted molar refractivity (Wildman–Crippen MR) is 88.0 cm³/mol. The number of nitrogens with zero attached hydrogens (tertiary/aromatic N) is 1. The summed E-state index contributed by atoms with van der Waals surface area (Å²) in [5, 5.41) is 12.1. The number of amides is 1. The van der Waals surface area contributed by atoms with Gasteiger partial charge in [-0.1, -0.05) is 19.3 Å². The third-order valence-electron chi connectivity index (χ3n) is 5.48. The number of ether oxygens (including phenoxy) is 1. The summed E-state index contributed by atoms with van der Waals surface area (Å²) in [4.78, 5) is 27.6. The van der Waals surface area contributed by atoms with Crippen molar-refractivity contribution in [3.05, 3.63) is 29.6 Å². The highest BCUT2D eigenvalue weighted by atomic mass is 16.5. The Bertz CT molecular complexity index is 625. The van der Waals surface area contributed by atoms with Crippen LogP contribution in [0.2, 0.25) is 0 Å². The number of carboxylic acids is 1. The van der Waals surface area contributed by atoms with Crippen LogP contribution in [0.3, 0.4) is 0 Å². The van der Waals surface area contributed by atoms with Gasteiger partial charge < -0.3 is 15.2 Å². The number of aromatic nitrogens is 1. The van der Waals surface area contributed by atoms with E-state index in [0.29, 0.717) is 6.61 Å². The summed E-state index contributed by atoms with van der Waals surface area (Å²) in [6.07, 6.45) is 8.12. The van der Waals surface area contributed by atoms with Gasteiger partial charge in [-0.25, -0.2) is 4.79 Å². The summed E-state index contributed by atoms with van der Waals surface area (Å²) in [6.45, 7) is 2.69. The fourth-order valence-corrected chi connectivity index (χ4v) is 4.19. The lowest BCUT2D eigenvalue weighted by Gasteiger charge is -2.57. The van der Waals surface area contributed by atoms with Gasteiger partial charge in [-0.2, -0.15) is 0 Å². The summed E-state index contributed by atoms with van der Waals surface area (Å²) in [7, 11) is 0. The van der Waals surface area contributed by atoms with Gasteiger partial charge in [-0.05, 0) is 38.3 Å². The second-order valence-electron chi connectivity index (χ2n) is 6.73. The quantitative estimate of drug-likeness (QED) is 0.865. The molecule has 2 aliphatic rings. The van der Waals surface area contributed by atoms with E-state index in [2.05, 4.69) is 10.3 Å². The van der Waals surface area contributed by atoms with Crippen molar-refractivity contribution in [3.63, 3.8) is 0 Å². The molecule has 6 nitrogen and oxygen atoms in total. The molecule has 0 aromatic carbocycles. The van der Waals surface area contributed by atoms with Crippen molar-refractivity contribution in [3.8, 4) is 0 Å². The second-order valence-corrected chi connectivity index (χ2v) is 6.73. The first-order chi connectivity index (χ1) is 11.6. The van der Waals surface area contributed by atoms with Crippen LogP contribution in [0.5, 0.6) is 0 Å². The van der Waals surface area contributed by atoms with Crippen molar-refractivity contribution >= 4 is 11.9 Å². The highest BCUT2D eigenvalue weighted by Crippen LogP contribution is 2.53. The Hall–Kier alpha value is -1.95. The molecular formula is C18H24N2O4. The SMILES string of the molecule is CCOC1CC(NC(=O)c2cc(C(=O)O)ccn2)C12CCCCC2. The molecule has 0 aliphatic heterocycles. The minimum absolute atomic E-state index is 0.0360. The van der Waals surface area contributed by atoms with E-state index >= 15 is 0 Å². The molecule has 6 heteroatoms. The van der Waals surface area contributed by atoms with Gasteiger partial charge in [-0.15, -0.1) is 0 Å². The Balaban J connectivity index is 1.72. The standard InChI is InChI=1S/C18H24N2O4/c1-2-24-15-11-14(18(15)7-4-3-5-8-18)20-16(21)13-10-12(17(22)23)6-9-19-13/h6,9-10,14-15H,2-5,7-8,11H2,1H3,(H,20,21)(H,22,23). The summed E-state index contributed by atoms with van der Waals surface area (Å²) in [5.41, 5.74) is 0.262. The van der Waals surface area contributed by atoms with Crippen molar-refractivity contribution in [2.24, 2.45) is 5.41 Å². The van der Waals surface area contributed by atoms with Crippen LogP contribution in [-0.2, 0) is 4.74 Å². The number of pyridine rings is 1. The molecule has 1 aromatic heterocycles. The van der Waals surface area contributed by atoms with Crippen LogP contribution in [0.1, 0.15) is 66.3 Å². The molecule has 0 radical (unpaired) electrons. The van der Waals surface area contributed by atoms with E-state index < -0.39 is 5.97 Å². The molecule has 2 unspecified atom stereocenters. The fraction of sp³-hybridized carbons (Fsp3) is 0.611. The maximum Gasteiger partial charge on any atom is 0.335 e. The largest absolute Gasteiger partial charge is 0.478 e. The first-order valence-electron chi connectivity index (χ1n) is 8.68. The minimum Gasteiger partial charge on any atom is -0.478 e. The molecule has 3 rings (SSSR count). The highest BCUT2D eigenvalue weighted by Gasteiger charge is 2.56. The average molecular weight is 332 g/mol. The van der Waals surface area contributed by atoms with E-state index in [4.69, 9.17) is 9.84 Å². The number of carboxylic acid groups (broad SMARTS) is 1. The summed E-state index contributed by atoms with van der Waals surface area (Å²) < 4.78 is 5.89. The maximum absolute atomic E-state index is 12.5. The number of aromatic carboxylic acids is 1. The lowest BCUT2D eigenvalue weighted by molar-refractivity contribution is -0.146. The average Bonchev–Trinajstić information content (AvgIpc) is 2.61. The summed E-state index contributed by atoms with van der Waals surface area (Å²) >= 11 is 0. The van der Waals surface area contributed by atoms with Crippen molar-refractivity contribution in [1.82, 2.24) is 10.3 Å². The Labute approximate surface area is 141 Å². The van der Waals surface area contributed by atoms with Crippen LogP contribution in [0, 0.1) is 5.41 Å². The first-order valence-corrected chi connectivity index (χ1v) is 8.68. The number of rotatable bonds is 5. The van der Waals surface area contributed by atoms with Gasteiger partial charge in [0, 0.05) is 24.3 Å². The van der Waals surface area contributed by atoms with E-state index in [-0.39, 0.29) is 34.7 Å². The van der Waals surface area contributed by atoms with Gasteiger partial charge >= 0.3 is 5.97 Å². The molecule has 2 saturated carbocycles. The van der Waals surface area contributed by atoms with Crippen LogP contribution in [-0.4, -0.2) is 40.7 Å².